The molecule has 0 spiro atoms. The molecule has 0 aliphatic rings. The lowest BCUT2D eigenvalue weighted by molar-refractivity contribution is -0.884. The number of nitrogens with zero attached hydrogens (tertiary/aromatic N) is 1. The molecule has 0 aliphatic carbocycles. The molecule has 0 saturated heterocycles. The summed E-state index contributed by atoms with van der Waals surface area (Å²) in [6, 6.07) is 7.92. The van der Waals surface area contributed by atoms with E-state index < -0.39 is 0 Å². The Morgan fingerprint density at radius 3 is 2.11 bits per heavy atom. The molecule has 1 rings (SSSR count). The molecule has 0 saturated carbocycles. The normalized spacial score (nSPS) is 10.4. The van der Waals surface area contributed by atoms with Crippen molar-refractivity contribution >= 4 is 11.6 Å². The molecule has 0 aliphatic heterocycles. The van der Waals surface area contributed by atoms with Crippen molar-refractivity contribution < 1.29 is 14.8 Å². The molecule has 0 heterocycles. The molecule has 0 atom stereocenters. The second-order valence-corrected chi connectivity index (χ2v) is 5.38. The average molecular weight is 250 g/mol. The number of quaternary nitrogens is 1. The zero-order chi connectivity index (χ0) is 13.1. The minimum Gasteiger partial charge on any atom is -0.870 e. The standard InChI is InChI=1S/C14H20N2O.H2O/c1-11(2)14(17)15-13-8-6-12(7-9-13)10-16(3,4)5;/h6-9H,1,10H2,2-5H3;1H2. The van der Waals surface area contributed by atoms with Gasteiger partial charge in [0.05, 0.1) is 21.1 Å². The molecule has 18 heavy (non-hydrogen) atoms. The number of hydrogen-bond acceptors (Lipinski definition) is 2. The number of nitrogens with one attached hydrogen (secondary N) is 1. The molecular formula is C14H22N2O2. The van der Waals surface area contributed by atoms with Crippen molar-refractivity contribution in [2.24, 2.45) is 0 Å². The molecule has 100 valence electrons. The van der Waals surface area contributed by atoms with E-state index in [-0.39, 0.29) is 11.4 Å². The van der Waals surface area contributed by atoms with Crippen molar-refractivity contribution in [3.05, 3.63) is 42.0 Å². The Labute approximate surface area is 109 Å². The lowest BCUT2D eigenvalue weighted by atomic mass is 10.2. The monoisotopic (exact) mass is 250 g/mol. The second kappa shape index (κ2) is 6.33. The van der Waals surface area contributed by atoms with Gasteiger partial charge in [0.2, 0.25) is 0 Å². The number of benzene rings is 1. The first-order valence-corrected chi connectivity index (χ1v) is 5.64. The summed E-state index contributed by atoms with van der Waals surface area (Å²) in [4.78, 5) is 11.4. The summed E-state index contributed by atoms with van der Waals surface area (Å²) in [7, 11) is 6.45. The summed E-state index contributed by atoms with van der Waals surface area (Å²) in [6.45, 7) is 6.26. The fraction of sp³-hybridized carbons (Fsp3) is 0.357. The van der Waals surface area contributed by atoms with Crippen molar-refractivity contribution in [1.29, 1.82) is 0 Å². The first-order valence-electron chi connectivity index (χ1n) is 5.64. The lowest BCUT2D eigenvalue weighted by Gasteiger charge is -2.23. The zero-order valence-electron chi connectivity index (χ0n) is 11.5. The molecular weight excluding hydrogens is 228 g/mol. The maximum absolute atomic E-state index is 11.4. The highest BCUT2D eigenvalue weighted by Crippen LogP contribution is 2.13. The maximum atomic E-state index is 11.4. The molecule has 2 N–H and O–H groups in total. The van der Waals surface area contributed by atoms with Crippen LogP contribution in [0.1, 0.15) is 12.5 Å². The van der Waals surface area contributed by atoms with Gasteiger partial charge in [0.15, 0.2) is 0 Å². The summed E-state index contributed by atoms with van der Waals surface area (Å²) in [6.07, 6.45) is 0. The number of carbonyl (C=O) groups excluding carboxylic acids is 1. The summed E-state index contributed by atoms with van der Waals surface area (Å²) >= 11 is 0. The molecule has 1 aromatic carbocycles. The Morgan fingerprint density at radius 2 is 1.72 bits per heavy atom. The van der Waals surface area contributed by atoms with E-state index in [1.807, 2.05) is 24.3 Å². The summed E-state index contributed by atoms with van der Waals surface area (Å²) < 4.78 is 0.886. The van der Waals surface area contributed by atoms with E-state index in [1.54, 1.807) is 6.92 Å². The minimum atomic E-state index is -0.135. The number of carbonyl (C=O) groups is 1. The van der Waals surface area contributed by atoms with Crippen LogP contribution in [0.25, 0.3) is 0 Å². The van der Waals surface area contributed by atoms with E-state index in [1.165, 1.54) is 5.56 Å². The van der Waals surface area contributed by atoms with Gasteiger partial charge in [-0.05, 0) is 19.1 Å². The van der Waals surface area contributed by atoms with Gasteiger partial charge in [0.25, 0.3) is 5.91 Å². The third kappa shape index (κ3) is 5.61. The molecule has 0 radical (unpaired) electrons. The maximum Gasteiger partial charge on any atom is 0.250 e. The Kier molecular flexibility index (Phi) is 5.75. The van der Waals surface area contributed by atoms with Crippen molar-refractivity contribution in [1.82, 2.24) is 0 Å². The molecule has 1 aromatic rings. The van der Waals surface area contributed by atoms with Gasteiger partial charge < -0.3 is 15.3 Å². The van der Waals surface area contributed by atoms with Gasteiger partial charge in [-0.15, -0.1) is 0 Å². The van der Waals surface area contributed by atoms with E-state index in [9.17, 15) is 4.79 Å². The smallest absolute Gasteiger partial charge is 0.250 e. The van der Waals surface area contributed by atoms with E-state index in [4.69, 9.17) is 0 Å². The van der Waals surface area contributed by atoms with Crippen LogP contribution in [0.3, 0.4) is 0 Å². The van der Waals surface area contributed by atoms with Crippen LogP contribution in [0.2, 0.25) is 0 Å². The predicted octanol–water partition coefficient (Wildman–Crippen LogP) is 2.23. The van der Waals surface area contributed by atoms with Gasteiger partial charge in [0.1, 0.15) is 6.54 Å². The quantitative estimate of drug-likeness (QED) is 0.658. The molecule has 0 bridgehead atoms. The fourth-order valence-corrected chi connectivity index (χ4v) is 1.48. The number of amides is 1. The summed E-state index contributed by atoms with van der Waals surface area (Å²) in [5, 5.41) is 2.79. The topological polar surface area (TPSA) is 59.1 Å². The van der Waals surface area contributed by atoms with Crippen molar-refractivity contribution in [2.45, 2.75) is 13.5 Å². The average Bonchev–Trinajstić information content (AvgIpc) is 2.18. The van der Waals surface area contributed by atoms with Crippen LogP contribution >= 0.6 is 0 Å². The van der Waals surface area contributed by atoms with E-state index in [0.29, 0.717) is 5.57 Å². The Hall–Kier alpha value is -1.65. The number of rotatable bonds is 4. The minimum absolute atomic E-state index is 0. The first-order chi connectivity index (χ1) is 7.78. The van der Waals surface area contributed by atoms with E-state index in [2.05, 4.69) is 33.0 Å². The van der Waals surface area contributed by atoms with Crippen molar-refractivity contribution in [2.75, 3.05) is 26.5 Å². The molecule has 4 nitrogen and oxygen atoms in total. The molecule has 1 amide bonds. The van der Waals surface area contributed by atoms with Crippen LogP contribution in [0, 0.1) is 0 Å². The van der Waals surface area contributed by atoms with Gasteiger partial charge in [0, 0.05) is 16.8 Å². The van der Waals surface area contributed by atoms with Crippen LogP contribution in [0.4, 0.5) is 5.69 Å². The molecule has 4 heteroatoms. The first kappa shape index (κ1) is 16.4. The third-order valence-corrected chi connectivity index (χ3v) is 2.26. The van der Waals surface area contributed by atoms with Gasteiger partial charge >= 0.3 is 0 Å². The molecule has 0 fully saturated rings. The largest absolute Gasteiger partial charge is 0.870 e. The fourth-order valence-electron chi connectivity index (χ4n) is 1.48. The van der Waals surface area contributed by atoms with Crippen molar-refractivity contribution in [3.8, 4) is 0 Å². The predicted molar refractivity (Wildman–Crippen MR) is 73.6 cm³/mol. The van der Waals surface area contributed by atoms with Gasteiger partial charge in [-0.3, -0.25) is 4.79 Å². The number of hydrogen-bond donors (Lipinski definition) is 1. The Bertz CT molecular complexity index is 416. The van der Waals surface area contributed by atoms with Crippen LogP contribution in [0.5, 0.6) is 0 Å². The summed E-state index contributed by atoms with van der Waals surface area (Å²) in [5.41, 5.74) is 2.58. The third-order valence-electron chi connectivity index (χ3n) is 2.26. The number of anilines is 1. The van der Waals surface area contributed by atoms with Gasteiger partial charge in [-0.1, -0.05) is 18.7 Å². The van der Waals surface area contributed by atoms with Crippen LogP contribution in [0.15, 0.2) is 36.4 Å². The van der Waals surface area contributed by atoms with Crippen molar-refractivity contribution in [3.63, 3.8) is 0 Å². The van der Waals surface area contributed by atoms with Gasteiger partial charge in [-0.2, -0.15) is 0 Å². The van der Waals surface area contributed by atoms with Gasteiger partial charge in [-0.25, -0.2) is 0 Å². The lowest BCUT2D eigenvalue weighted by Crippen LogP contribution is -2.33. The highest BCUT2D eigenvalue weighted by molar-refractivity contribution is 6.02. The molecule has 0 unspecified atom stereocenters. The summed E-state index contributed by atoms with van der Waals surface area (Å²) in [5.74, 6) is -0.135. The van der Waals surface area contributed by atoms with Crippen LogP contribution in [-0.2, 0) is 11.3 Å². The zero-order valence-corrected chi connectivity index (χ0v) is 11.5. The van der Waals surface area contributed by atoms with Crippen LogP contribution in [-0.4, -0.2) is 37.0 Å². The Morgan fingerprint density at radius 1 is 1.22 bits per heavy atom. The van der Waals surface area contributed by atoms with E-state index in [0.717, 1.165) is 16.7 Å². The van der Waals surface area contributed by atoms with Crippen LogP contribution < -0.4 is 5.32 Å². The second-order valence-electron chi connectivity index (χ2n) is 5.38. The SMILES string of the molecule is C=C(C)C(=O)Nc1ccc(C[N+](C)(C)C)cc1.[OH-]. The molecule has 0 aromatic heterocycles. The highest BCUT2D eigenvalue weighted by Gasteiger charge is 2.08. The Balaban J connectivity index is 0.00000289. The van der Waals surface area contributed by atoms with E-state index >= 15 is 0 Å². The highest BCUT2D eigenvalue weighted by atomic mass is 16.1.